The van der Waals surface area contributed by atoms with Crippen molar-refractivity contribution in [2.24, 2.45) is 5.73 Å². The van der Waals surface area contributed by atoms with Crippen LogP contribution < -0.4 is 11.1 Å². The third kappa shape index (κ3) is 7.72. The Kier molecular flexibility index (Phi) is 8.11. The van der Waals surface area contributed by atoms with Gasteiger partial charge in [-0.2, -0.15) is 0 Å². The molecule has 1 unspecified atom stereocenters. The minimum atomic E-state index is -0.995. The maximum Gasteiger partial charge on any atom is 0.321 e. The molecule has 1 atom stereocenters. The van der Waals surface area contributed by atoms with Gasteiger partial charge >= 0.3 is 5.97 Å². The highest BCUT2D eigenvalue weighted by molar-refractivity contribution is 5.73. The van der Waals surface area contributed by atoms with Crippen LogP contribution in [0.1, 0.15) is 6.42 Å². The molecule has 0 spiro atoms. The molecule has 0 saturated heterocycles. The summed E-state index contributed by atoms with van der Waals surface area (Å²) in [5.74, 6) is -0.995. The molecule has 0 aliphatic rings. The first-order valence-corrected chi connectivity index (χ1v) is 4.56. The third-order valence-electron chi connectivity index (χ3n) is 1.57. The molecule has 0 heterocycles. The highest BCUT2D eigenvalue weighted by Crippen LogP contribution is 1.82. The fourth-order valence-corrected chi connectivity index (χ4v) is 0.758. The molecule has 5 nitrogen and oxygen atoms in total. The van der Waals surface area contributed by atoms with Crippen LogP contribution in [0.3, 0.4) is 0 Å². The number of carboxylic acid groups (broad SMARTS) is 1. The van der Waals surface area contributed by atoms with Gasteiger partial charge in [-0.05, 0) is 6.42 Å². The van der Waals surface area contributed by atoms with Gasteiger partial charge in [-0.1, -0.05) is 6.08 Å². The number of carbonyl (C=O) groups is 1. The monoisotopic (exact) mass is 202 g/mol. The predicted octanol–water partition coefficient (Wildman–Crippen LogP) is -0.419. The van der Waals surface area contributed by atoms with Crippen molar-refractivity contribution < 1.29 is 14.6 Å². The summed E-state index contributed by atoms with van der Waals surface area (Å²) in [5, 5.41) is 11.3. The Morgan fingerprint density at radius 2 is 2.36 bits per heavy atom. The van der Waals surface area contributed by atoms with Crippen LogP contribution in [-0.2, 0) is 9.53 Å². The Morgan fingerprint density at radius 1 is 1.64 bits per heavy atom. The maximum absolute atomic E-state index is 10.3. The fourth-order valence-electron chi connectivity index (χ4n) is 0.758. The topological polar surface area (TPSA) is 84.6 Å². The summed E-state index contributed by atoms with van der Waals surface area (Å²) >= 11 is 0. The third-order valence-corrected chi connectivity index (χ3v) is 1.57. The van der Waals surface area contributed by atoms with E-state index in [1.807, 2.05) is 0 Å². The van der Waals surface area contributed by atoms with Gasteiger partial charge in [0.15, 0.2) is 0 Å². The number of hydrogen-bond donors (Lipinski definition) is 3. The first-order chi connectivity index (χ1) is 6.68. The second-order valence-electron chi connectivity index (χ2n) is 2.84. The average molecular weight is 202 g/mol. The van der Waals surface area contributed by atoms with Crippen LogP contribution in [-0.4, -0.2) is 43.4 Å². The fraction of sp³-hybridized carbons (Fsp3) is 0.667. The van der Waals surface area contributed by atoms with Gasteiger partial charge in [0.05, 0.1) is 13.2 Å². The minimum Gasteiger partial charge on any atom is -0.480 e. The Morgan fingerprint density at radius 3 is 2.93 bits per heavy atom. The molecule has 0 aliphatic carbocycles. The van der Waals surface area contributed by atoms with Gasteiger partial charge in [0, 0.05) is 13.1 Å². The summed E-state index contributed by atoms with van der Waals surface area (Å²) < 4.78 is 5.19. The van der Waals surface area contributed by atoms with E-state index in [2.05, 4.69) is 11.9 Å². The molecule has 14 heavy (non-hydrogen) atoms. The lowest BCUT2D eigenvalue weighted by Gasteiger charge is -2.08. The van der Waals surface area contributed by atoms with E-state index in [1.165, 1.54) is 0 Å². The van der Waals surface area contributed by atoms with E-state index in [9.17, 15) is 4.79 Å². The molecule has 82 valence electrons. The highest BCUT2D eigenvalue weighted by atomic mass is 16.5. The molecule has 0 aromatic rings. The molecule has 4 N–H and O–H groups in total. The van der Waals surface area contributed by atoms with E-state index in [0.717, 1.165) is 6.42 Å². The van der Waals surface area contributed by atoms with Gasteiger partial charge < -0.3 is 20.9 Å². The first kappa shape index (κ1) is 13.1. The van der Waals surface area contributed by atoms with Crippen molar-refractivity contribution in [2.75, 3.05) is 26.3 Å². The Bertz CT molecular complexity index is 173. The smallest absolute Gasteiger partial charge is 0.321 e. The number of carboxylic acids is 1. The van der Waals surface area contributed by atoms with Crippen molar-refractivity contribution in [3.05, 3.63) is 12.7 Å². The summed E-state index contributed by atoms with van der Waals surface area (Å²) in [6, 6.07) is -0.844. The Balaban J connectivity index is 3.13. The quantitative estimate of drug-likeness (QED) is 0.349. The number of hydrogen-bond acceptors (Lipinski definition) is 4. The molecule has 0 amide bonds. The van der Waals surface area contributed by atoms with Gasteiger partial charge in [-0.25, -0.2) is 0 Å². The van der Waals surface area contributed by atoms with Crippen LogP contribution in [0, 0.1) is 0 Å². The zero-order valence-corrected chi connectivity index (χ0v) is 8.24. The van der Waals surface area contributed by atoms with Crippen LogP contribution in [0.15, 0.2) is 12.7 Å². The van der Waals surface area contributed by atoms with Gasteiger partial charge in [-0.15, -0.1) is 6.58 Å². The summed E-state index contributed by atoms with van der Waals surface area (Å²) in [6.07, 6.45) is 2.61. The second kappa shape index (κ2) is 8.68. The van der Waals surface area contributed by atoms with E-state index < -0.39 is 12.0 Å². The Hall–Kier alpha value is -0.910. The summed E-state index contributed by atoms with van der Waals surface area (Å²) in [7, 11) is 0. The maximum atomic E-state index is 10.3. The van der Waals surface area contributed by atoms with Crippen LogP contribution in [0.4, 0.5) is 0 Å². The summed E-state index contributed by atoms with van der Waals surface area (Å²) in [5.41, 5.74) is 5.26. The molecule has 0 fully saturated rings. The highest BCUT2D eigenvalue weighted by Gasteiger charge is 2.09. The lowest BCUT2D eigenvalue weighted by Crippen LogP contribution is -2.41. The summed E-state index contributed by atoms with van der Waals surface area (Å²) in [6.45, 7) is 5.64. The number of rotatable bonds is 9. The van der Waals surface area contributed by atoms with Crippen LogP contribution in [0.5, 0.6) is 0 Å². The van der Waals surface area contributed by atoms with Crippen molar-refractivity contribution >= 4 is 5.97 Å². The number of ether oxygens (including phenoxy) is 1. The first-order valence-electron chi connectivity index (χ1n) is 4.56. The molecule has 0 bridgehead atoms. The van der Waals surface area contributed by atoms with E-state index >= 15 is 0 Å². The molecular weight excluding hydrogens is 184 g/mol. The molecular formula is C9H18N2O3. The van der Waals surface area contributed by atoms with Crippen molar-refractivity contribution in [1.82, 2.24) is 5.32 Å². The van der Waals surface area contributed by atoms with E-state index in [1.54, 1.807) is 6.08 Å². The number of nitrogens with two attached hydrogens (primary N) is 1. The largest absolute Gasteiger partial charge is 0.480 e. The zero-order valence-electron chi connectivity index (χ0n) is 8.24. The van der Waals surface area contributed by atoms with Crippen LogP contribution >= 0.6 is 0 Å². The average Bonchev–Trinajstić information content (AvgIpc) is 2.16. The van der Waals surface area contributed by atoms with Gasteiger partial charge in [-0.3, -0.25) is 4.79 Å². The number of aliphatic carboxylic acids is 1. The lowest BCUT2D eigenvalue weighted by molar-refractivity contribution is -0.138. The number of nitrogens with one attached hydrogen (secondary N) is 1. The van der Waals surface area contributed by atoms with Crippen molar-refractivity contribution in [2.45, 2.75) is 12.5 Å². The van der Waals surface area contributed by atoms with Crippen molar-refractivity contribution in [3.8, 4) is 0 Å². The van der Waals surface area contributed by atoms with Crippen LogP contribution in [0.2, 0.25) is 0 Å². The molecule has 0 aromatic carbocycles. The SMILES string of the molecule is C=CCCOCCNCC(N)C(=O)O. The Labute approximate surface area is 83.9 Å². The van der Waals surface area contributed by atoms with Crippen LogP contribution in [0.25, 0.3) is 0 Å². The van der Waals surface area contributed by atoms with Crippen molar-refractivity contribution in [1.29, 1.82) is 0 Å². The standard InChI is InChI=1S/C9H18N2O3/c1-2-3-5-14-6-4-11-7-8(10)9(12)13/h2,8,11H,1,3-7,10H2,(H,12,13). The molecule has 0 aliphatic heterocycles. The normalized spacial score (nSPS) is 12.4. The van der Waals surface area contributed by atoms with Gasteiger partial charge in [0.25, 0.3) is 0 Å². The molecule has 0 rings (SSSR count). The van der Waals surface area contributed by atoms with E-state index in [4.69, 9.17) is 15.6 Å². The summed E-state index contributed by atoms with van der Waals surface area (Å²) in [4.78, 5) is 10.3. The molecule has 0 aromatic heterocycles. The molecule has 5 heteroatoms. The van der Waals surface area contributed by atoms with E-state index in [0.29, 0.717) is 19.8 Å². The molecule has 0 radical (unpaired) electrons. The zero-order chi connectivity index (χ0) is 10.8. The molecule has 0 saturated carbocycles. The van der Waals surface area contributed by atoms with Crippen molar-refractivity contribution in [3.63, 3.8) is 0 Å². The minimum absolute atomic E-state index is 0.264. The second-order valence-corrected chi connectivity index (χ2v) is 2.84. The van der Waals surface area contributed by atoms with Gasteiger partial charge in [0.1, 0.15) is 6.04 Å². The van der Waals surface area contributed by atoms with E-state index in [-0.39, 0.29) is 6.54 Å². The predicted molar refractivity (Wildman–Crippen MR) is 54.1 cm³/mol. The van der Waals surface area contributed by atoms with Gasteiger partial charge in [0.2, 0.25) is 0 Å². The lowest BCUT2D eigenvalue weighted by atomic mass is 10.3.